The lowest BCUT2D eigenvalue weighted by atomic mass is 9.81. The number of carboxylic acid groups (broad SMARTS) is 1. The molecule has 1 aromatic heterocycles. The zero-order chi connectivity index (χ0) is 29.1. The van der Waals surface area contributed by atoms with Gasteiger partial charge in [0.1, 0.15) is 10.5 Å². The topological polar surface area (TPSA) is 95.9 Å². The van der Waals surface area contributed by atoms with Crippen LogP contribution >= 0.6 is 11.3 Å². The van der Waals surface area contributed by atoms with Crippen LogP contribution in [0.4, 0.5) is 10.5 Å². The van der Waals surface area contributed by atoms with Gasteiger partial charge in [-0.1, -0.05) is 18.8 Å². The van der Waals surface area contributed by atoms with Crippen LogP contribution in [0.25, 0.3) is 0 Å². The van der Waals surface area contributed by atoms with E-state index in [1.54, 1.807) is 11.0 Å². The van der Waals surface area contributed by atoms with E-state index in [4.69, 9.17) is 4.74 Å². The Balaban J connectivity index is 1.53. The molecule has 0 saturated heterocycles. The summed E-state index contributed by atoms with van der Waals surface area (Å²) >= 11 is 1.15. The van der Waals surface area contributed by atoms with Crippen molar-refractivity contribution in [2.24, 2.45) is 17.3 Å². The minimum atomic E-state index is -1.03. The Morgan fingerprint density at radius 1 is 1.05 bits per heavy atom. The van der Waals surface area contributed by atoms with E-state index in [9.17, 15) is 19.5 Å². The maximum atomic E-state index is 14.1. The van der Waals surface area contributed by atoms with Gasteiger partial charge in [-0.3, -0.25) is 4.79 Å². The minimum Gasteiger partial charge on any atom is -0.477 e. The second-order valence-electron chi connectivity index (χ2n) is 13.5. The van der Waals surface area contributed by atoms with Gasteiger partial charge in [0.25, 0.3) is 0 Å². The molecule has 1 heterocycles. The number of ether oxygens (including phenoxy) is 1. The SMILES string of the molecule is CC1CCC(C(=O)N(c2cc(C#CC(C)(C)C)sc2C(=O)O)C2CCC(NC(=O)OC3(C)CCCC3)CC2)CC1. The van der Waals surface area contributed by atoms with E-state index < -0.39 is 5.97 Å². The molecule has 0 atom stereocenters. The first kappa shape index (κ1) is 30.4. The fourth-order valence-corrected chi connectivity index (χ4v) is 7.19. The maximum Gasteiger partial charge on any atom is 0.407 e. The predicted molar refractivity (Wildman–Crippen MR) is 159 cm³/mol. The Kier molecular flexibility index (Phi) is 9.55. The number of alkyl carbamates (subject to hydrolysis) is 1. The van der Waals surface area contributed by atoms with Crippen LogP contribution in [0.15, 0.2) is 6.07 Å². The number of hydrogen-bond acceptors (Lipinski definition) is 5. The van der Waals surface area contributed by atoms with E-state index in [1.807, 2.05) is 27.7 Å². The number of thiophene rings is 1. The number of nitrogens with one attached hydrogen (secondary N) is 1. The molecule has 8 heteroatoms. The minimum absolute atomic E-state index is 0.0177. The van der Waals surface area contributed by atoms with Crippen LogP contribution in [-0.4, -0.2) is 40.8 Å². The number of anilines is 1. The van der Waals surface area contributed by atoms with Crippen LogP contribution in [0.3, 0.4) is 0 Å². The van der Waals surface area contributed by atoms with Gasteiger partial charge in [-0.25, -0.2) is 9.59 Å². The number of carbonyl (C=O) groups excluding carboxylic acids is 2. The Morgan fingerprint density at radius 3 is 2.25 bits per heavy atom. The van der Waals surface area contributed by atoms with Crippen LogP contribution in [0.2, 0.25) is 0 Å². The molecular formula is C32H46N2O5S. The molecule has 0 aromatic carbocycles. The quantitative estimate of drug-likeness (QED) is 0.348. The van der Waals surface area contributed by atoms with Crippen molar-refractivity contribution in [3.8, 4) is 11.8 Å². The van der Waals surface area contributed by atoms with Crippen molar-refractivity contribution >= 4 is 35.0 Å². The van der Waals surface area contributed by atoms with E-state index in [0.717, 1.165) is 62.7 Å². The monoisotopic (exact) mass is 570 g/mol. The summed E-state index contributed by atoms with van der Waals surface area (Å²) in [7, 11) is 0. The lowest BCUT2D eigenvalue weighted by Gasteiger charge is -2.39. The number of aromatic carboxylic acids is 1. The van der Waals surface area contributed by atoms with E-state index >= 15 is 0 Å². The third kappa shape index (κ3) is 7.81. The van der Waals surface area contributed by atoms with E-state index in [2.05, 4.69) is 24.1 Å². The zero-order valence-electron chi connectivity index (χ0n) is 24.8. The molecule has 3 aliphatic carbocycles. The van der Waals surface area contributed by atoms with Gasteiger partial charge in [0, 0.05) is 23.4 Å². The number of rotatable bonds is 6. The van der Waals surface area contributed by atoms with Crippen molar-refractivity contribution in [2.45, 2.75) is 129 Å². The van der Waals surface area contributed by atoms with Crippen molar-refractivity contribution in [1.29, 1.82) is 0 Å². The highest BCUT2D eigenvalue weighted by Crippen LogP contribution is 2.39. The molecule has 1 aromatic rings. The largest absolute Gasteiger partial charge is 0.477 e. The molecule has 4 rings (SSSR count). The lowest BCUT2D eigenvalue weighted by molar-refractivity contribution is -0.124. The molecule has 2 N–H and O–H groups in total. The van der Waals surface area contributed by atoms with Crippen LogP contribution in [0.1, 0.15) is 126 Å². The fourth-order valence-electron chi connectivity index (χ4n) is 6.35. The lowest BCUT2D eigenvalue weighted by Crippen LogP contribution is -2.49. The fraction of sp³-hybridized carbons (Fsp3) is 0.719. The molecule has 7 nitrogen and oxygen atoms in total. The van der Waals surface area contributed by atoms with E-state index in [0.29, 0.717) is 42.2 Å². The number of amides is 2. The number of hydrogen-bond donors (Lipinski definition) is 2. The summed E-state index contributed by atoms with van der Waals surface area (Å²) in [5.41, 5.74) is -0.116. The third-order valence-corrected chi connectivity index (χ3v) is 9.74. The number of nitrogens with zero attached hydrogens (tertiary/aromatic N) is 1. The first-order valence-corrected chi connectivity index (χ1v) is 15.9. The summed E-state index contributed by atoms with van der Waals surface area (Å²) in [6.45, 7) is 10.3. The first-order valence-electron chi connectivity index (χ1n) is 15.1. The van der Waals surface area contributed by atoms with Gasteiger partial charge in [-0.2, -0.15) is 0 Å². The molecule has 0 radical (unpaired) electrons. The third-order valence-electron chi connectivity index (χ3n) is 8.71. The summed E-state index contributed by atoms with van der Waals surface area (Å²) in [5.74, 6) is 5.87. The van der Waals surface area contributed by atoms with Crippen LogP contribution in [0, 0.1) is 29.1 Å². The smallest absolute Gasteiger partial charge is 0.407 e. The van der Waals surface area contributed by atoms with Crippen LogP contribution in [-0.2, 0) is 9.53 Å². The summed E-state index contributed by atoms with van der Waals surface area (Å²) in [4.78, 5) is 41.7. The van der Waals surface area contributed by atoms with Crippen LogP contribution < -0.4 is 10.2 Å². The standard InChI is InChI=1S/C32H46N2O5S/c1-21-8-10-22(11-9-21)28(35)34(26-20-25(16-19-31(2,3)4)40-27(26)29(36)37)24-14-12-23(13-15-24)33-30(38)39-32(5)17-6-7-18-32/h20-24H,6-15,17-18H2,1-5H3,(H,33,38)(H,36,37). The van der Waals surface area contributed by atoms with E-state index in [1.165, 1.54) is 0 Å². The first-order chi connectivity index (χ1) is 18.8. The van der Waals surface area contributed by atoms with Gasteiger partial charge in [0.05, 0.1) is 10.6 Å². The van der Waals surface area contributed by atoms with Crippen molar-refractivity contribution < 1.29 is 24.2 Å². The summed E-state index contributed by atoms with van der Waals surface area (Å²) in [5, 5.41) is 13.2. The second-order valence-corrected chi connectivity index (χ2v) is 14.5. The van der Waals surface area contributed by atoms with Crippen molar-refractivity contribution in [3.63, 3.8) is 0 Å². The predicted octanol–water partition coefficient (Wildman–Crippen LogP) is 7.37. The number of carboxylic acids is 1. The van der Waals surface area contributed by atoms with Crippen molar-refractivity contribution in [1.82, 2.24) is 5.32 Å². The molecule has 3 fully saturated rings. The maximum absolute atomic E-state index is 14.1. The van der Waals surface area contributed by atoms with Crippen LogP contribution in [0.5, 0.6) is 0 Å². The zero-order valence-corrected chi connectivity index (χ0v) is 25.6. The number of carbonyl (C=O) groups is 3. The summed E-state index contributed by atoms with van der Waals surface area (Å²) < 4.78 is 5.77. The van der Waals surface area contributed by atoms with Gasteiger partial charge in [0.2, 0.25) is 5.91 Å². The molecule has 40 heavy (non-hydrogen) atoms. The molecule has 3 saturated carbocycles. The van der Waals surface area contributed by atoms with Crippen molar-refractivity contribution in [3.05, 3.63) is 15.8 Å². The molecule has 0 spiro atoms. The Hall–Kier alpha value is -2.53. The van der Waals surface area contributed by atoms with E-state index in [-0.39, 0.29) is 45.9 Å². The Bertz CT molecular complexity index is 1130. The Morgan fingerprint density at radius 2 is 1.68 bits per heavy atom. The highest BCUT2D eigenvalue weighted by Gasteiger charge is 2.38. The molecule has 2 amide bonds. The van der Waals surface area contributed by atoms with Gasteiger partial charge in [0.15, 0.2) is 0 Å². The Labute approximate surface area is 243 Å². The van der Waals surface area contributed by atoms with Gasteiger partial charge < -0.3 is 20.1 Å². The van der Waals surface area contributed by atoms with Gasteiger partial charge >= 0.3 is 12.1 Å². The normalized spacial score (nSPS) is 26.3. The summed E-state index contributed by atoms with van der Waals surface area (Å²) in [6.07, 6.45) is 10.1. The molecule has 220 valence electrons. The molecule has 0 bridgehead atoms. The molecule has 0 aliphatic heterocycles. The average molecular weight is 571 g/mol. The highest BCUT2D eigenvalue weighted by molar-refractivity contribution is 7.15. The van der Waals surface area contributed by atoms with Crippen molar-refractivity contribution in [2.75, 3.05) is 4.90 Å². The highest BCUT2D eigenvalue weighted by atomic mass is 32.1. The average Bonchev–Trinajstić information content (AvgIpc) is 3.50. The second kappa shape index (κ2) is 12.5. The molecule has 0 unspecified atom stereocenters. The van der Waals surface area contributed by atoms with Gasteiger partial charge in [-0.15, -0.1) is 11.3 Å². The van der Waals surface area contributed by atoms with Gasteiger partial charge in [-0.05, 0) is 117 Å². The summed E-state index contributed by atoms with van der Waals surface area (Å²) in [6, 6.07) is 1.67. The molecule has 3 aliphatic rings. The molecular weight excluding hydrogens is 524 g/mol.